The van der Waals surface area contributed by atoms with Crippen molar-refractivity contribution in [2.75, 3.05) is 25.0 Å². The van der Waals surface area contributed by atoms with Gasteiger partial charge in [-0.2, -0.15) is 0 Å². The second-order valence-corrected chi connectivity index (χ2v) is 7.99. The van der Waals surface area contributed by atoms with E-state index in [1.165, 1.54) is 16.9 Å². The average molecular weight is 332 g/mol. The van der Waals surface area contributed by atoms with Crippen molar-refractivity contribution < 1.29 is 4.79 Å². The first kappa shape index (κ1) is 16.2. The normalized spacial score (nSPS) is 21.7. The molecule has 3 rings (SSSR count). The van der Waals surface area contributed by atoms with Gasteiger partial charge in [-0.25, -0.2) is 9.97 Å². The number of piperidine rings is 1. The first-order valence-electron chi connectivity index (χ1n) is 8.18. The van der Waals surface area contributed by atoms with Crippen LogP contribution in [0.4, 0.5) is 5.82 Å². The summed E-state index contributed by atoms with van der Waals surface area (Å²) in [4.78, 5) is 25.4. The monoisotopic (exact) mass is 332 g/mol. The molecule has 0 radical (unpaired) electrons. The van der Waals surface area contributed by atoms with Gasteiger partial charge in [0.25, 0.3) is 0 Å². The quantitative estimate of drug-likeness (QED) is 0.937. The Hall–Kier alpha value is -1.69. The zero-order chi connectivity index (χ0) is 16.6. The van der Waals surface area contributed by atoms with E-state index in [-0.39, 0.29) is 5.91 Å². The Morgan fingerprint density at radius 2 is 2.00 bits per heavy atom. The van der Waals surface area contributed by atoms with Gasteiger partial charge in [-0.15, -0.1) is 11.3 Å². The molecule has 124 valence electrons. The number of fused-ring (bicyclic) bond motifs is 1. The fourth-order valence-electron chi connectivity index (χ4n) is 3.45. The Morgan fingerprint density at radius 1 is 1.30 bits per heavy atom. The largest absolute Gasteiger partial charge is 0.360 e. The molecule has 3 heterocycles. The molecular formula is C17H24N4OS. The van der Waals surface area contributed by atoms with Crippen LogP contribution in [-0.2, 0) is 4.79 Å². The van der Waals surface area contributed by atoms with E-state index in [1.54, 1.807) is 17.7 Å². The Labute approximate surface area is 141 Å². The van der Waals surface area contributed by atoms with Crippen LogP contribution < -0.4 is 5.32 Å². The second kappa shape index (κ2) is 6.43. The third kappa shape index (κ3) is 3.32. The topological polar surface area (TPSA) is 58.1 Å². The van der Waals surface area contributed by atoms with Crippen molar-refractivity contribution in [1.29, 1.82) is 0 Å². The van der Waals surface area contributed by atoms with Gasteiger partial charge in [0.15, 0.2) is 0 Å². The molecule has 2 aromatic heterocycles. The first-order chi connectivity index (χ1) is 11.0. The van der Waals surface area contributed by atoms with Gasteiger partial charge in [0.2, 0.25) is 5.91 Å². The average Bonchev–Trinajstić information content (AvgIpc) is 2.79. The van der Waals surface area contributed by atoms with E-state index in [4.69, 9.17) is 0 Å². The summed E-state index contributed by atoms with van der Waals surface area (Å²) in [7, 11) is 0. The van der Waals surface area contributed by atoms with Crippen LogP contribution in [0.1, 0.15) is 30.7 Å². The van der Waals surface area contributed by atoms with E-state index in [0.717, 1.165) is 29.1 Å². The van der Waals surface area contributed by atoms with Crippen molar-refractivity contribution in [3.8, 4) is 0 Å². The number of aromatic nitrogens is 2. The van der Waals surface area contributed by atoms with Gasteiger partial charge in [0.05, 0.1) is 11.9 Å². The number of carbonyl (C=O) groups excluding carboxylic acids is 1. The zero-order valence-corrected chi connectivity index (χ0v) is 15.0. The van der Waals surface area contributed by atoms with Crippen molar-refractivity contribution >= 4 is 33.3 Å². The molecule has 1 amide bonds. The highest BCUT2D eigenvalue weighted by Crippen LogP contribution is 2.32. The van der Waals surface area contributed by atoms with Crippen LogP contribution in [0.2, 0.25) is 0 Å². The highest BCUT2D eigenvalue weighted by atomic mass is 32.1. The predicted octanol–water partition coefficient (Wildman–Crippen LogP) is 3.22. The number of carbonyl (C=O) groups is 1. The van der Waals surface area contributed by atoms with E-state index >= 15 is 0 Å². The molecule has 0 aromatic carbocycles. The van der Waals surface area contributed by atoms with Gasteiger partial charge in [0.1, 0.15) is 17.0 Å². The molecule has 0 saturated carbocycles. The van der Waals surface area contributed by atoms with Gasteiger partial charge in [-0.05, 0) is 37.7 Å². The molecule has 0 aliphatic carbocycles. The molecule has 1 N–H and O–H groups in total. The molecule has 0 bridgehead atoms. The predicted molar refractivity (Wildman–Crippen MR) is 94.9 cm³/mol. The molecule has 23 heavy (non-hydrogen) atoms. The van der Waals surface area contributed by atoms with Crippen LogP contribution in [-0.4, -0.2) is 40.4 Å². The summed E-state index contributed by atoms with van der Waals surface area (Å²) in [6.07, 6.45) is 2.77. The number of likely N-dealkylation sites (tertiary alicyclic amines) is 1. The lowest BCUT2D eigenvalue weighted by atomic mass is 9.92. The van der Waals surface area contributed by atoms with Crippen LogP contribution in [0, 0.1) is 25.7 Å². The summed E-state index contributed by atoms with van der Waals surface area (Å²) in [5.74, 6) is 2.08. The fourth-order valence-corrected chi connectivity index (χ4v) is 4.45. The maximum Gasteiger partial charge on any atom is 0.241 e. The Balaban J connectivity index is 1.72. The molecule has 2 atom stereocenters. The van der Waals surface area contributed by atoms with Crippen LogP contribution in [0.15, 0.2) is 6.33 Å². The molecule has 0 spiro atoms. The minimum absolute atomic E-state index is 0.153. The van der Waals surface area contributed by atoms with Gasteiger partial charge in [-0.3, -0.25) is 4.79 Å². The van der Waals surface area contributed by atoms with Gasteiger partial charge in [0, 0.05) is 18.0 Å². The zero-order valence-electron chi connectivity index (χ0n) is 14.2. The van der Waals surface area contributed by atoms with E-state index in [0.29, 0.717) is 18.4 Å². The first-order valence-corrected chi connectivity index (χ1v) is 8.99. The van der Waals surface area contributed by atoms with Crippen LogP contribution >= 0.6 is 11.3 Å². The maximum atomic E-state index is 12.5. The van der Waals surface area contributed by atoms with Crippen molar-refractivity contribution in [3.63, 3.8) is 0 Å². The summed E-state index contributed by atoms with van der Waals surface area (Å²) in [6, 6.07) is 0. The summed E-state index contributed by atoms with van der Waals surface area (Å²) >= 11 is 1.67. The number of hydrogen-bond donors (Lipinski definition) is 1. The Morgan fingerprint density at radius 3 is 2.70 bits per heavy atom. The summed E-state index contributed by atoms with van der Waals surface area (Å²) < 4.78 is 0. The lowest BCUT2D eigenvalue weighted by molar-refractivity contribution is -0.131. The fraction of sp³-hybridized carbons (Fsp3) is 0.588. The van der Waals surface area contributed by atoms with Crippen LogP contribution in [0.25, 0.3) is 10.2 Å². The number of nitrogens with zero attached hydrogens (tertiary/aromatic N) is 3. The number of nitrogens with one attached hydrogen (secondary N) is 1. The number of thiophene rings is 1. The number of anilines is 1. The molecule has 2 aromatic rings. The lowest BCUT2D eigenvalue weighted by Crippen LogP contribution is -2.44. The number of hydrogen-bond acceptors (Lipinski definition) is 5. The highest BCUT2D eigenvalue weighted by Gasteiger charge is 2.25. The van der Waals surface area contributed by atoms with Crippen molar-refractivity contribution in [3.05, 3.63) is 16.8 Å². The number of amides is 1. The minimum Gasteiger partial charge on any atom is -0.360 e. The van der Waals surface area contributed by atoms with Crippen molar-refractivity contribution in [2.24, 2.45) is 11.8 Å². The molecule has 5 nitrogen and oxygen atoms in total. The van der Waals surface area contributed by atoms with E-state index < -0.39 is 0 Å². The highest BCUT2D eigenvalue weighted by molar-refractivity contribution is 7.18. The molecule has 1 aliphatic heterocycles. The van der Waals surface area contributed by atoms with E-state index in [9.17, 15) is 4.79 Å². The van der Waals surface area contributed by atoms with Gasteiger partial charge < -0.3 is 10.2 Å². The standard InChI is InChI=1S/C17H24N4OS/c1-10-5-11(2)8-21(7-10)14(22)6-18-16-15-12(3)13(4)23-17(15)20-9-19-16/h9-11H,5-8H2,1-4H3,(H,18,19,20). The molecular weight excluding hydrogens is 308 g/mol. The van der Waals surface area contributed by atoms with E-state index in [2.05, 4.69) is 43.0 Å². The van der Waals surface area contributed by atoms with Crippen LogP contribution in [0.5, 0.6) is 0 Å². The van der Waals surface area contributed by atoms with Gasteiger partial charge >= 0.3 is 0 Å². The second-order valence-electron chi connectivity index (χ2n) is 6.78. The molecule has 1 aliphatic rings. The minimum atomic E-state index is 0.153. The van der Waals surface area contributed by atoms with Crippen LogP contribution in [0.3, 0.4) is 0 Å². The third-order valence-electron chi connectivity index (χ3n) is 4.59. The van der Waals surface area contributed by atoms with Crippen molar-refractivity contribution in [1.82, 2.24) is 14.9 Å². The molecule has 6 heteroatoms. The summed E-state index contributed by atoms with van der Waals surface area (Å²) in [5.41, 5.74) is 1.20. The summed E-state index contributed by atoms with van der Waals surface area (Å²) in [5, 5.41) is 4.28. The SMILES string of the molecule is Cc1sc2ncnc(NCC(=O)N3CC(C)CC(C)C3)c2c1C. The molecule has 2 unspecified atom stereocenters. The molecule has 1 fully saturated rings. The van der Waals surface area contributed by atoms with E-state index in [1.807, 2.05) is 4.90 Å². The maximum absolute atomic E-state index is 12.5. The smallest absolute Gasteiger partial charge is 0.241 e. The molecule has 1 saturated heterocycles. The Kier molecular flexibility index (Phi) is 4.53. The Bertz CT molecular complexity index is 717. The van der Waals surface area contributed by atoms with Crippen molar-refractivity contribution in [2.45, 2.75) is 34.1 Å². The summed E-state index contributed by atoms with van der Waals surface area (Å²) in [6.45, 7) is 10.6. The number of rotatable bonds is 3. The third-order valence-corrected chi connectivity index (χ3v) is 5.71. The lowest BCUT2D eigenvalue weighted by Gasteiger charge is -2.35. The van der Waals surface area contributed by atoms with Gasteiger partial charge in [-0.1, -0.05) is 13.8 Å². The number of aryl methyl sites for hydroxylation is 2.